The van der Waals surface area contributed by atoms with E-state index in [9.17, 15) is 9.59 Å². The molecule has 5 rings (SSSR count). The number of hydrogen-bond donors (Lipinski definition) is 2. The summed E-state index contributed by atoms with van der Waals surface area (Å²) in [6.07, 6.45) is 1.56. The molecule has 0 aliphatic carbocycles. The molecule has 1 aliphatic rings. The first-order valence-corrected chi connectivity index (χ1v) is 12.8. The molecule has 4 aromatic rings. The number of hydrogen-bond acceptors (Lipinski definition) is 5. The molecule has 38 heavy (non-hydrogen) atoms. The third-order valence-corrected chi connectivity index (χ3v) is 6.98. The number of carbonyl (C=O) groups is 2. The molecule has 0 unspecified atom stereocenters. The third-order valence-electron chi connectivity index (χ3n) is 6.98. The Kier molecular flexibility index (Phi) is 7.05. The molecule has 1 fully saturated rings. The number of benzene rings is 3. The van der Waals surface area contributed by atoms with Crippen molar-refractivity contribution in [1.82, 2.24) is 14.9 Å². The van der Waals surface area contributed by atoms with Gasteiger partial charge in [-0.3, -0.25) is 10.1 Å². The van der Waals surface area contributed by atoms with Crippen molar-refractivity contribution in [1.29, 1.82) is 0 Å². The Balaban J connectivity index is 1.29. The molecule has 0 saturated carbocycles. The number of aromatic nitrogens is 2. The first-order valence-electron chi connectivity index (χ1n) is 12.8. The van der Waals surface area contributed by atoms with E-state index in [1.807, 2.05) is 69.0 Å². The topological polar surface area (TPSA) is 96.6 Å². The summed E-state index contributed by atoms with van der Waals surface area (Å²) in [5.41, 5.74) is 7.38. The molecule has 2 N–H and O–H groups in total. The van der Waals surface area contributed by atoms with Crippen LogP contribution in [0.1, 0.15) is 35.1 Å². The molecule has 3 aromatic carbocycles. The maximum atomic E-state index is 12.4. The molecule has 2 amide bonds. The van der Waals surface area contributed by atoms with Gasteiger partial charge in [-0.05, 0) is 99.2 Å². The Labute approximate surface area is 222 Å². The van der Waals surface area contributed by atoms with E-state index in [-0.39, 0.29) is 12.5 Å². The van der Waals surface area contributed by atoms with E-state index in [1.54, 1.807) is 12.1 Å². The van der Waals surface area contributed by atoms with E-state index in [4.69, 9.17) is 14.5 Å². The molecule has 196 valence electrons. The maximum absolute atomic E-state index is 12.4. The summed E-state index contributed by atoms with van der Waals surface area (Å²) in [6, 6.07) is 14.9. The van der Waals surface area contributed by atoms with E-state index >= 15 is 0 Å². The second-order valence-corrected chi connectivity index (χ2v) is 9.89. The highest BCUT2D eigenvalue weighted by molar-refractivity contribution is 5.88. The van der Waals surface area contributed by atoms with E-state index in [1.165, 1.54) is 0 Å². The predicted octanol–water partition coefficient (Wildman–Crippen LogP) is 6.08. The summed E-state index contributed by atoms with van der Waals surface area (Å²) in [5.74, 6) is 1.82. The SMILES string of the molecule is Cc1ccc(NC(=O)Oc2ccc3nc(-c4c(C)cc(OCC(=O)N5CCCC5)cc4C)[nH]c3c2)cc1C. The maximum Gasteiger partial charge on any atom is 0.417 e. The molecule has 8 heteroatoms. The Bertz CT molecular complexity index is 1500. The molecular weight excluding hydrogens is 480 g/mol. The van der Waals surface area contributed by atoms with Gasteiger partial charge in [-0.25, -0.2) is 9.78 Å². The molecule has 2 heterocycles. The number of aromatic amines is 1. The summed E-state index contributed by atoms with van der Waals surface area (Å²) >= 11 is 0. The fraction of sp³-hybridized carbons (Fsp3) is 0.300. The Morgan fingerprint density at radius 2 is 1.63 bits per heavy atom. The van der Waals surface area contributed by atoms with Crippen molar-refractivity contribution in [2.75, 3.05) is 25.0 Å². The molecule has 1 aromatic heterocycles. The van der Waals surface area contributed by atoms with Crippen LogP contribution in [0.2, 0.25) is 0 Å². The van der Waals surface area contributed by atoms with Crippen LogP contribution >= 0.6 is 0 Å². The number of nitrogens with one attached hydrogen (secondary N) is 2. The standard InChI is InChI=1S/C30H32N4O4/c1-18-7-8-22(13-19(18)2)31-30(36)38-23-9-10-25-26(16-23)33-29(32-25)28-20(3)14-24(15-21(28)4)37-17-27(35)34-11-5-6-12-34/h7-10,13-16H,5-6,11-12,17H2,1-4H3,(H,31,36)(H,32,33). The highest BCUT2D eigenvalue weighted by Gasteiger charge is 2.19. The zero-order valence-electron chi connectivity index (χ0n) is 22.2. The van der Waals surface area contributed by atoms with Crippen molar-refractivity contribution in [3.05, 3.63) is 70.8 Å². The van der Waals surface area contributed by atoms with Crippen molar-refractivity contribution >= 4 is 28.7 Å². The van der Waals surface area contributed by atoms with Gasteiger partial charge < -0.3 is 19.4 Å². The highest BCUT2D eigenvalue weighted by Crippen LogP contribution is 2.31. The lowest BCUT2D eigenvalue weighted by atomic mass is 10.0. The van der Waals surface area contributed by atoms with Crippen LogP contribution in [0, 0.1) is 27.7 Å². The van der Waals surface area contributed by atoms with Gasteiger partial charge in [-0.1, -0.05) is 6.07 Å². The normalized spacial score (nSPS) is 13.1. The van der Waals surface area contributed by atoms with Crippen molar-refractivity contribution < 1.29 is 19.1 Å². The minimum absolute atomic E-state index is 0.0276. The summed E-state index contributed by atoms with van der Waals surface area (Å²) in [6.45, 7) is 9.69. The van der Waals surface area contributed by atoms with E-state index in [0.717, 1.165) is 64.8 Å². The summed E-state index contributed by atoms with van der Waals surface area (Å²) < 4.78 is 11.3. The molecule has 0 atom stereocenters. The van der Waals surface area contributed by atoms with Gasteiger partial charge in [0.1, 0.15) is 17.3 Å². The van der Waals surface area contributed by atoms with Gasteiger partial charge in [0.25, 0.3) is 5.91 Å². The number of rotatable bonds is 6. The number of carbonyl (C=O) groups excluding carboxylic acids is 2. The Hall–Kier alpha value is -4.33. The number of ether oxygens (including phenoxy) is 2. The lowest BCUT2D eigenvalue weighted by molar-refractivity contribution is -0.132. The molecule has 8 nitrogen and oxygen atoms in total. The highest BCUT2D eigenvalue weighted by atomic mass is 16.6. The number of anilines is 1. The number of nitrogens with zero attached hydrogens (tertiary/aromatic N) is 2. The van der Waals surface area contributed by atoms with Crippen LogP contribution in [0.15, 0.2) is 48.5 Å². The fourth-order valence-corrected chi connectivity index (χ4v) is 4.82. The third kappa shape index (κ3) is 5.49. The lowest BCUT2D eigenvalue weighted by Crippen LogP contribution is -2.32. The Morgan fingerprint density at radius 3 is 2.34 bits per heavy atom. The number of likely N-dealkylation sites (tertiary alicyclic amines) is 1. The van der Waals surface area contributed by atoms with Crippen LogP contribution in [0.25, 0.3) is 22.4 Å². The molecule has 0 radical (unpaired) electrons. The number of fused-ring (bicyclic) bond motifs is 1. The van der Waals surface area contributed by atoms with Crippen molar-refractivity contribution in [2.45, 2.75) is 40.5 Å². The second-order valence-electron chi connectivity index (χ2n) is 9.89. The molecule has 1 aliphatic heterocycles. The molecule has 0 spiro atoms. The zero-order chi connectivity index (χ0) is 26.8. The van der Waals surface area contributed by atoms with E-state index in [0.29, 0.717) is 23.0 Å². The monoisotopic (exact) mass is 512 g/mol. The van der Waals surface area contributed by atoms with Crippen LogP contribution in [-0.2, 0) is 4.79 Å². The Morgan fingerprint density at radius 1 is 0.895 bits per heavy atom. The van der Waals surface area contributed by atoms with Crippen LogP contribution in [0.4, 0.5) is 10.5 Å². The minimum Gasteiger partial charge on any atom is -0.484 e. The van der Waals surface area contributed by atoms with Crippen LogP contribution in [0.3, 0.4) is 0 Å². The van der Waals surface area contributed by atoms with Crippen molar-refractivity contribution in [3.63, 3.8) is 0 Å². The summed E-state index contributed by atoms with van der Waals surface area (Å²) in [5, 5.41) is 2.77. The summed E-state index contributed by atoms with van der Waals surface area (Å²) in [4.78, 5) is 34.7. The quantitative estimate of drug-likeness (QED) is 0.327. The van der Waals surface area contributed by atoms with Gasteiger partial charge in [-0.15, -0.1) is 0 Å². The molecule has 0 bridgehead atoms. The second kappa shape index (κ2) is 10.6. The van der Waals surface area contributed by atoms with Gasteiger partial charge in [0.05, 0.1) is 11.0 Å². The minimum atomic E-state index is -0.558. The lowest BCUT2D eigenvalue weighted by Gasteiger charge is -2.16. The predicted molar refractivity (Wildman–Crippen MR) is 148 cm³/mol. The fourth-order valence-electron chi connectivity index (χ4n) is 4.82. The average Bonchev–Trinajstić information content (AvgIpc) is 3.54. The number of H-pyrrole nitrogens is 1. The van der Waals surface area contributed by atoms with Gasteiger partial charge in [0.2, 0.25) is 0 Å². The zero-order valence-corrected chi connectivity index (χ0v) is 22.2. The number of imidazole rings is 1. The van der Waals surface area contributed by atoms with Crippen LogP contribution in [0.5, 0.6) is 11.5 Å². The van der Waals surface area contributed by atoms with Crippen molar-refractivity contribution in [2.24, 2.45) is 0 Å². The van der Waals surface area contributed by atoms with Gasteiger partial charge in [0.15, 0.2) is 6.61 Å². The first kappa shape index (κ1) is 25.3. The van der Waals surface area contributed by atoms with Crippen molar-refractivity contribution in [3.8, 4) is 22.9 Å². The van der Waals surface area contributed by atoms with Crippen LogP contribution < -0.4 is 14.8 Å². The van der Waals surface area contributed by atoms with Gasteiger partial charge >= 0.3 is 6.09 Å². The number of amides is 2. The molecular formula is C30H32N4O4. The van der Waals surface area contributed by atoms with E-state index in [2.05, 4.69) is 10.3 Å². The average molecular weight is 513 g/mol. The van der Waals surface area contributed by atoms with Gasteiger partial charge in [0, 0.05) is 30.4 Å². The van der Waals surface area contributed by atoms with Gasteiger partial charge in [-0.2, -0.15) is 0 Å². The largest absolute Gasteiger partial charge is 0.484 e. The smallest absolute Gasteiger partial charge is 0.417 e. The van der Waals surface area contributed by atoms with Crippen LogP contribution in [-0.4, -0.2) is 46.6 Å². The summed E-state index contributed by atoms with van der Waals surface area (Å²) in [7, 11) is 0. The molecule has 1 saturated heterocycles. The number of aryl methyl sites for hydroxylation is 4. The van der Waals surface area contributed by atoms with E-state index < -0.39 is 6.09 Å². The first-order chi connectivity index (χ1) is 18.3.